The van der Waals surface area contributed by atoms with Crippen molar-refractivity contribution in [2.45, 2.75) is 45.8 Å². The van der Waals surface area contributed by atoms with Crippen molar-refractivity contribution in [2.24, 2.45) is 0 Å². The van der Waals surface area contributed by atoms with E-state index in [9.17, 15) is 14.4 Å². The molecule has 6 nitrogen and oxygen atoms in total. The lowest BCUT2D eigenvalue weighted by atomic mass is 10.4. The normalized spacial score (nSPS) is 10.4. The minimum absolute atomic E-state index is 0.235. The van der Waals surface area contributed by atoms with Crippen LogP contribution in [0.2, 0.25) is 0 Å². The summed E-state index contributed by atoms with van der Waals surface area (Å²) < 4.78 is 3.32. The molecule has 0 bridgehead atoms. The summed E-state index contributed by atoms with van der Waals surface area (Å²) in [6.07, 6.45) is 4.92. The third-order valence-electron chi connectivity index (χ3n) is 2.95. The maximum Gasteiger partial charge on any atom is 0.336 e. The Morgan fingerprint density at radius 3 is 1.45 bits per heavy atom. The largest absolute Gasteiger partial charge is 0.336 e. The van der Waals surface area contributed by atoms with Gasteiger partial charge in [-0.2, -0.15) is 0 Å². The number of rotatable bonds is 8. The summed E-state index contributed by atoms with van der Waals surface area (Å²) in [4.78, 5) is 36.6. The smallest absolute Gasteiger partial charge is 0.247 e. The molecule has 20 heavy (non-hydrogen) atoms. The Morgan fingerprint density at radius 2 is 1.15 bits per heavy atom. The number of hydrogen-bond donors (Lipinski definition) is 0. The van der Waals surface area contributed by atoms with Crippen LogP contribution in [0.4, 0.5) is 0 Å². The fourth-order valence-electron chi connectivity index (χ4n) is 1.92. The fourth-order valence-corrected chi connectivity index (χ4v) is 1.92. The molecule has 0 atom stereocenters. The molecular formula is C14H21N3O3. The van der Waals surface area contributed by atoms with Crippen LogP contribution >= 0.6 is 0 Å². The van der Waals surface area contributed by atoms with Crippen LogP contribution in [0.15, 0.2) is 39.7 Å². The van der Waals surface area contributed by atoms with Crippen LogP contribution < -0.4 is 17.1 Å². The van der Waals surface area contributed by atoms with Gasteiger partial charge in [-0.1, -0.05) is 19.1 Å². The van der Waals surface area contributed by atoms with E-state index in [2.05, 4.69) is 13.2 Å². The van der Waals surface area contributed by atoms with Gasteiger partial charge >= 0.3 is 17.1 Å². The summed E-state index contributed by atoms with van der Waals surface area (Å²) in [7, 11) is 0. The van der Waals surface area contributed by atoms with Crippen molar-refractivity contribution in [3.8, 4) is 0 Å². The van der Waals surface area contributed by atoms with Crippen LogP contribution in [0, 0.1) is 0 Å². The summed E-state index contributed by atoms with van der Waals surface area (Å²) in [6, 6.07) is 0. The quantitative estimate of drug-likeness (QED) is 0.659. The summed E-state index contributed by atoms with van der Waals surface area (Å²) >= 11 is 0. The summed E-state index contributed by atoms with van der Waals surface area (Å²) in [5.74, 6) is 0. The standard InChI is InChI=1S/C14H21N3O3/c1-4-7-10-16-12(18)15(9-6-3)13(19)17(14(16)20)11-8-5-2/h4-5H,1-2,6-11H2,3H3. The van der Waals surface area contributed by atoms with Gasteiger partial charge in [0.05, 0.1) is 0 Å². The van der Waals surface area contributed by atoms with Gasteiger partial charge in [-0.05, 0) is 19.3 Å². The van der Waals surface area contributed by atoms with Crippen LogP contribution in [0.5, 0.6) is 0 Å². The lowest BCUT2D eigenvalue weighted by molar-refractivity contribution is 0.445. The van der Waals surface area contributed by atoms with Crippen molar-refractivity contribution < 1.29 is 0 Å². The first-order chi connectivity index (χ1) is 9.58. The first kappa shape index (κ1) is 15.9. The van der Waals surface area contributed by atoms with Gasteiger partial charge in [-0.15, -0.1) is 13.2 Å². The fraction of sp³-hybridized carbons (Fsp3) is 0.500. The van der Waals surface area contributed by atoms with Gasteiger partial charge in [0.15, 0.2) is 0 Å². The second kappa shape index (κ2) is 7.47. The molecule has 0 unspecified atom stereocenters. The number of allylic oxidation sites excluding steroid dienone is 2. The Morgan fingerprint density at radius 1 is 0.800 bits per heavy atom. The zero-order valence-electron chi connectivity index (χ0n) is 11.9. The molecule has 6 heteroatoms. The van der Waals surface area contributed by atoms with Crippen LogP contribution in [0.3, 0.4) is 0 Å². The van der Waals surface area contributed by atoms with Crippen molar-refractivity contribution in [3.63, 3.8) is 0 Å². The topological polar surface area (TPSA) is 66.0 Å². The zero-order chi connectivity index (χ0) is 15.1. The van der Waals surface area contributed by atoms with Gasteiger partial charge in [0.2, 0.25) is 0 Å². The molecule has 0 N–H and O–H groups in total. The van der Waals surface area contributed by atoms with Crippen LogP contribution in [-0.2, 0) is 19.6 Å². The van der Waals surface area contributed by atoms with E-state index in [0.717, 1.165) is 13.7 Å². The highest BCUT2D eigenvalue weighted by molar-refractivity contribution is 4.81. The molecule has 0 radical (unpaired) electrons. The lowest BCUT2D eigenvalue weighted by Crippen LogP contribution is -2.54. The highest BCUT2D eigenvalue weighted by atomic mass is 16.2. The monoisotopic (exact) mass is 279 g/mol. The average molecular weight is 279 g/mol. The minimum Gasteiger partial charge on any atom is -0.247 e. The lowest BCUT2D eigenvalue weighted by Gasteiger charge is -2.12. The Balaban J connectivity index is 3.50. The molecule has 0 amide bonds. The first-order valence-electron chi connectivity index (χ1n) is 6.74. The molecule has 1 aromatic rings. The molecule has 0 saturated carbocycles. The van der Waals surface area contributed by atoms with Gasteiger partial charge < -0.3 is 0 Å². The van der Waals surface area contributed by atoms with E-state index in [1.807, 2.05) is 6.92 Å². The molecule has 0 aliphatic heterocycles. The minimum atomic E-state index is -0.559. The van der Waals surface area contributed by atoms with Crippen molar-refractivity contribution in [1.29, 1.82) is 0 Å². The molecule has 1 rings (SSSR count). The molecule has 1 heterocycles. The second-order valence-corrected chi connectivity index (χ2v) is 4.46. The van der Waals surface area contributed by atoms with Crippen LogP contribution in [0.1, 0.15) is 26.2 Å². The van der Waals surface area contributed by atoms with Gasteiger partial charge in [-0.25, -0.2) is 28.1 Å². The van der Waals surface area contributed by atoms with Crippen LogP contribution in [0.25, 0.3) is 0 Å². The molecule has 0 aliphatic carbocycles. The Kier molecular flexibility index (Phi) is 5.96. The van der Waals surface area contributed by atoms with Crippen molar-refractivity contribution in [1.82, 2.24) is 13.7 Å². The van der Waals surface area contributed by atoms with Crippen molar-refractivity contribution in [3.05, 3.63) is 56.8 Å². The van der Waals surface area contributed by atoms with Crippen molar-refractivity contribution in [2.75, 3.05) is 0 Å². The summed E-state index contributed by atoms with van der Waals surface area (Å²) in [5, 5.41) is 0. The predicted octanol–water partition coefficient (Wildman–Crippen LogP) is 0.734. The first-order valence-corrected chi connectivity index (χ1v) is 6.74. The zero-order valence-corrected chi connectivity index (χ0v) is 11.9. The predicted molar refractivity (Wildman–Crippen MR) is 79.1 cm³/mol. The highest BCUT2D eigenvalue weighted by Crippen LogP contribution is 1.87. The third kappa shape index (κ3) is 3.26. The van der Waals surface area contributed by atoms with E-state index in [4.69, 9.17) is 0 Å². The molecule has 110 valence electrons. The molecule has 0 aromatic carbocycles. The van der Waals surface area contributed by atoms with E-state index in [1.54, 1.807) is 12.2 Å². The third-order valence-corrected chi connectivity index (χ3v) is 2.95. The molecule has 0 aliphatic rings. The van der Waals surface area contributed by atoms with Gasteiger partial charge in [0.25, 0.3) is 0 Å². The summed E-state index contributed by atoms with van der Waals surface area (Å²) in [6.45, 7) is 9.81. The Labute approximate surface area is 117 Å². The van der Waals surface area contributed by atoms with E-state index < -0.39 is 17.1 Å². The van der Waals surface area contributed by atoms with E-state index >= 15 is 0 Å². The molecule has 0 fully saturated rings. The van der Waals surface area contributed by atoms with Gasteiger partial charge in [-0.3, -0.25) is 0 Å². The number of aromatic nitrogens is 3. The number of nitrogens with zero attached hydrogens (tertiary/aromatic N) is 3. The average Bonchev–Trinajstić information content (AvgIpc) is 2.43. The highest BCUT2D eigenvalue weighted by Gasteiger charge is 2.13. The Hall–Kier alpha value is -2.11. The van der Waals surface area contributed by atoms with Gasteiger partial charge in [0, 0.05) is 19.6 Å². The van der Waals surface area contributed by atoms with E-state index in [0.29, 0.717) is 25.8 Å². The van der Waals surface area contributed by atoms with Crippen LogP contribution in [-0.4, -0.2) is 13.7 Å². The second-order valence-electron chi connectivity index (χ2n) is 4.46. The molecule has 1 aromatic heterocycles. The van der Waals surface area contributed by atoms with Crippen molar-refractivity contribution >= 4 is 0 Å². The SMILES string of the molecule is C=CCCn1c(=O)n(CCC)c(=O)n(CCC=C)c1=O. The number of hydrogen-bond acceptors (Lipinski definition) is 3. The molecule has 0 saturated heterocycles. The van der Waals surface area contributed by atoms with E-state index in [1.165, 1.54) is 0 Å². The maximum absolute atomic E-state index is 12.2. The van der Waals surface area contributed by atoms with E-state index in [-0.39, 0.29) is 13.1 Å². The Bertz CT molecular complexity index is 599. The van der Waals surface area contributed by atoms with Gasteiger partial charge in [0.1, 0.15) is 0 Å². The molecular weight excluding hydrogens is 258 g/mol. The molecule has 0 spiro atoms. The summed E-state index contributed by atoms with van der Waals surface area (Å²) in [5.41, 5.74) is -1.65. The maximum atomic E-state index is 12.2.